The number of carbonyl (C=O) groups is 1. The van der Waals surface area contributed by atoms with E-state index in [-0.39, 0.29) is 11.3 Å². The molecule has 8 heteroatoms. The first kappa shape index (κ1) is 19.7. The summed E-state index contributed by atoms with van der Waals surface area (Å²) in [6.45, 7) is 1.51. The molecule has 0 radical (unpaired) electrons. The second kappa shape index (κ2) is 8.14. The van der Waals surface area contributed by atoms with Gasteiger partial charge in [0, 0.05) is 0 Å². The molecule has 0 heterocycles. The Morgan fingerprint density at radius 3 is 2.56 bits per heavy atom. The van der Waals surface area contributed by atoms with Gasteiger partial charge in [0.05, 0.1) is 5.56 Å². The second-order valence-corrected chi connectivity index (χ2v) is 7.84. The third-order valence-corrected chi connectivity index (χ3v) is 5.16. The Morgan fingerprint density at radius 2 is 1.96 bits per heavy atom. The van der Waals surface area contributed by atoms with Crippen LogP contribution in [0.2, 0.25) is 0 Å². The standard InChI is InChI=1S/C17H23FO6S/c1-2-17(8-4-3-5-9-17)24-15-12-13(6-7-14(15)18)16(19)23-10-11-25(20,21)22/h6-7,12H,2-5,8-11H2,1H3,(H,20,21,22). The summed E-state index contributed by atoms with van der Waals surface area (Å²) >= 11 is 0. The summed E-state index contributed by atoms with van der Waals surface area (Å²) in [5.41, 5.74) is -0.360. The molecule has 1 fully saturated rings. The van der Waals surface area contributed by atoms with Gasteiger partial charge in [-0.1, -0.05) is 13.3 Å². The van der Waals surface area contributed by atoms with E-state index >= 15 is 0 Å². The van der Waals surface area contributed by atoms with Crippen LogP contribution in [0.5, 0.6) is 5.75 Å². The molecule has 0 aliphatic heterocycles. The van der Waals surface area contributed by atoms with E-state index in [0.717, 1.165) is 44.6 Å². The molecule has 1 aromatic carbocycles. The number of rotatable bonds is 7. The van der Waals surface area contributed by atoms with Crippen molar-refractivity contribution in [3.63, 3.8) is 0 Å². The Kier molecular flexibility index (Phi) is 6.40. The fourth-order valence-corrected chi connectivity index (χ4v) is 3.28. The fraction of sp³-hybridized carbons (Fsp3) is 0.588. The predicted molar refractivity (Wildman–Crippen MR) is 89.8 cm³/mol. The molecule has 0 bridgehead atoms. The van der Waals surface area contributed by atoms with Gasteiger partial charge in [0.25, 0.3) is 10.1 Å². The molecular weight excluding hydrogens is 351 g/mol. The molecule has 1 aliphatic carbocycles. The van der Waals surface area contributed by atoms with Crippen LogP contribution in [0.3, 0.4) is 0 Å². The lowest BCUT2D eigenvalue weighted by molar-refractivity contribution is 0.0226. The van der Waals surface area contributed by atoms with Crippen LogP contribution in [0.1, 0.15) is 55.8 Å². The third kappa shape index (κ3) is 5.67. The van der Waals surface area contributed by atoms with Gasteiger partial charge in [-0.3, -0.25) is 4.55 Å². The molecule has 0 spiro atoms. The van der Waals surface area contributed by atoms with E-state index in [2.05, 4.69) is 0 Å². The average molecular weight is 374 g/mol. The van der Waals surface area contributed by atoms with Crippen molar-refractivity contribution < 1.29 is 31.6 Å². The summed E-state index contributed by atoms with van der Waals surface area (Å²) in [5, 5.41) is 0. The zero-order valence-electron chi connectivity index (χ0n) is 14.2. The highest BCUT2D eigenvalue weighted by Gasteiger charge is 2.33. The number of halogens is 1. The maximum absolute atomic E-state index is 14.1. The predicted octanol–water partition coefficient (Wildman–Crippen LogP) is 3.36. The van der Waals surface area contributed by atoms with Crippen LogP contribution in [0.25, 0.3) is 0 Å². The van der Waals surface area contributed by atoms with Gasteiger partial charge in [-0.25, -0.2) is 9.18 Å². The monoisotopic (exact) mass is 374 g/mol. The van der Waals surface area contributed by atoms with Crippen LogP contribution in [0.15, 0.2) is 18.2 Å². The lowest BCUT2D eigenvalue weighted by Crippen LogP contribution is -2.37. The highest BCUT2D eigenvalue weighted by Crippen LogP contribution is 2.36. The third-order valence-electron chi connectivity index (χ3n) is 4.48. The number of benzene rings is 1. The first-order valence-electron chi connectivity index (χ1n) is 8.35. The first-order valence-corrected chi connectivity index (χ1v) is 9.96. The molecule has 0 amide bonds. The van der Waals surface area contributed by atoms with E-state index in [1.807, 2.05) is 6.92 Å². The van der Waals surface area contributed by atoms with E-state index in [1.165, 1.54) is 12.1 Å². The summed E-state index contributed by atoms with van der Waals surface area (Å²) in [5.74, 6) is -2.06. The lowest BCUT2D eigenvalue weighted by Gasteiger charge is -2.37. The number of esters is 1. The van der Waals surface area contributed by atoms with Crippen molar-refractivity contribution in [1.29, 1.82) is 0 Å². The highest BCUT2D eigenvalue weighted by molar-refractivity contribution is 7.85. The van der Waals surface area contributed by atoms with Crippen LogP contribution in [-0.4, -0.2) is 36.9 Å². The summed E-state index contributed by atoms with van der Waals surface area (Å²) < 4.78 is 54.7. The molecule has 0 atom stereocenters. The molecule has 6 nitrogen and oxygen atoms in total. The molecule has 2 rings (SSSR count). The molecule has 140 valence electrons. The molecule has 1 N–H and O–H groups in total. The lowest BCUT2D eigenvalue weighted by atomic mass is 9.82. The van der Waals surface area contributed by atoms with Gasteiger partial charge in [0.15, 0.2) is 11.6 Å². The minimum atomic E-state index is -4.21. The Labute approximate surface area is 147 Å². The van der Waals surface area contributed by atoms with E-state index < -0.39 is 39.9 Å². The summed E-state index contributed by atoms with van der Waals surface area (Å²) in [4.78, 5) is 12.0. The second-order valence-electron chi connectivity index (χ2n) is 6.27. The molecule has 1 aromatic rings. The van der Waals surface area contributed by atoms with E-state index in [1.54, 1.807) is 0 Å². The summed E-state index contributed by atoms with van der Waals surface area (Å²) in [6.07, 6.45) is 5.60. The van der Waals surface area contributed by atoms with Crippen molar-refractivity contribution >= 4 is 16.1 Å². The maximum atomic E-state index is 14.1. The van der Waals surface area contributed by atoms with Crippen molar-refractivity contribution in [2.24, 2.45) is 0 Å². The minimum Gasteiger partial charge on any atom is -0.484 e. The SMILES string of the molecule is CCC1(Oc2cc(C(=O)OCCS(=O)(=O)O)ccc2F)CCCCC1. The fourth-order valence-electron chi connectivity index (χ4n) is 2.99. The van der Waals surface area contributed by atoms with Crippen LogP contribution >= 0.6 is 0 Å². The van der Waals surface area contributed by atoms with Crippen LogP contribution in [0.4, 0.5) is 4.39 Å². The number of hydrogen-bond donors (Lipinski definition) is 1. The summed E-state index contributed by atoms with van der Waals surface area (Å²) in [6, 6.07) is 3.65. The van der Waals surface area contributed by atoms with Crippen LogP contribution in [-0.2, 0) is 14.9 Å². The van der Waals surface area contributed by atoms with Crippen molar-refractivity contribution in [1.82, 2.24) is 0 Å². The van der Waals surface area contributed by atoms with Crippen molar-refractivity contribution in [2.45, 2.75) is 51.0 Å². The molecule has 0 saturated heterocycles. The molecule has 25 heavy (non-hydrogen) atoms. The molecule has 1 aliphatic rings. The van der Waals surface area contributed by atoms with E-state index in [4.69, 9.17) is 14.0 Å². The molecular formula is C17H23FO6S. The smallest absolute Gasteiger partial charge is 0.338 e. The quantitative estimate of drug-likeness (QED) is 0.581. The first-order chi connectivity index (χ1) is 11.7. The molecule has 0 unspecified atom stereocenters. The van der Waals surface area contributed by atoms with E-state index in [0.29, 0.717) is 0 Å². The van der Waals surface area contributed by atoms with Gasteiger partial charge in [-0.05, 0) is 50.3 Å². The zero-order valence-corrected chi connectivity index (χ0v) is 15.0. The topological polar surface area (TPSA) is 89.9 Å². The highest BCUT2D eigenvalue weighted by atomic mass is 32.2. The van der Waals surface area contributed by atoms with Crippen molar-refractivity contribution in [3.05, 3.63) is 29.6 Å². The van der Waals surface area contributed by atoms with Gasteiger partial charge in [0.2, 0.25) is 0 Å². The Balaban J connectivity index is 2.10. The normalized spacial score (nSPS) is 17.1. The van der Waals surface area contributed by atoms with Gasteiger partial charge in [-0.2, -0.15) is 8.42 Å². The van der Waals surface area contributed by atoms with Crippen LogP contribution < -0.4 is 4.74 Å². The maximum Gasteiger partial charge on any atom is 0.338 e. The van der Waals surface area contributed by atoms with Crippen LogP contribution in [0, 0.1) is 5.82 Å². The van der Waals surface area contributed by atoms with Gasteiger partial charge >= 0.3 is 5.97 Å². The number of carbonyl (C=O) groups excluding carboxylic acids is 1. The Bertz CT molecular complexity index is 710. The van der Waals surface area contributed by atoms with Gasteiger partial charge in [-0.15, -0.1) is 0 Å². The largest absolute Gasteiger partial charge is 0.484 e. The van der Waals surface area contributed by atoms with Gasteiger partial charge < -0.3 is 9.47 Å². The minimum absolute atomic E-state index is 0.00650. The van der Waals surface area contributed by atoms with Crippen molar-refractivity contribution in [2.75, 3.05) is 12.4 Å². The zero-order chi connectivity index (χ0) is 18.5. The van der Waals surface area contributed by atoms with E-state index in [9.17, 15) is 17.6 Å². The molecule has 0 aromatic heterocycles. The average Bonchev–Trinajstić information content (AvgIpc) is 2.56. The number of ether oxygens (including phenoxy) is 2. The Morgan fingerprint density at radius 1 is 1.28 bits per heavy atom. The van der Waals surface area contributed by atoms with Crippen molar-refractivity contribution in [3.8, 4) is 5.75 Å². The summed E-state index contributed by atoms with van der Waals surface area (Å²) in [7, 11) is -4.21. The van der Waals surface area contributed by atoms with Gasteiger partial charge in [0.1, 0.15) is 18.0 Å². The Hall–Kier alpha value is -1.67. The molecule has 1 saturated carbocycles. The number of hydrogen-bond acceptors (Lipinski definition) is 5.